The SMILES string of the molecule is NC[C@H]1C[C@@H](c2ccccc2)C1. The molecule has 12 heavy (non-hydrogen) atoms. The third kappa shape index (κ3) is 1.37. The van der Waals surface area contributed by atoms with Gasteiger partial charge in [0.25, 0.3) is 0 Å². The maximum atomic E-state index is 5.57. The summed E-state index contributed by atoms with van der Waals surface area (Å²) in [7, 11) is 0. The van der Waals surface area contributed by atoms with Crippen LogP contribution in [-0.4, -0.2) is 6.54 Å². The molecule has 0 amide bonds. The van der Waals surface area contributed by atoms with Gasteiger partial charge in [0.1, 0.15) is 0 Å². The van der Waals surface area contributed by atoms with Crippen molar-refractivity contribution in [2.24, 2.45) is 11.7 Å². The second-order valence-corrected chi connectivity index (χ2v) is 3.68. The standard InChI is InChI=1S/C11H15N/c12-8-9-6-11(7-9)10-4-2-1-3-5-10/h1-5,9,11H,6-8,12H2/t9-,11+. The van der Waals surface area contributed by atoms with Crippen LogP contribution in [0.4, 0.5) is 0 Å². The van der Waals surface area contributed by atoms with Crippen molar-refractivity contribution < 1.29 is 0 Å². The van der Waals surface area contributed by atoms with E-state index in [0.29, 0.717) is 0 Å². The van der Waals surface area contributed by atoms with E-state index < -0.39 is 0 Å². The molecule has 0 radical (unpaired) electrons. The summed E-state index contributed by atoms with van der Waals surface area (Å²) in [6.45, 7) is 0.864. The largest absolute Gasteiger partial charge is 0.330 e. The summed E-state index contributed by atoms with van der Waals surface area (Å²) in [5, 5.41) is 0. The summed E-state index contributed by atoms with van der Waals surface area (Å²) in [6.07, 6.45) is 2.58. The van der Waals surface area contributed by atoms with Crippen molar-refractivity contribution in [3.63, 3.8) is 0 Å². The second kappa shape index (κ2) is 3.28. The maximum Gasteiger partial charge on any atom is -0.00484 e. The summed E-state index contributed by atoms with van der Waals surface area (Å²) in [5.74, 6) is 1.58. The second-order valence-electron chi connectivity index (χ2n) is 3.68. The minimum atomic E-state index is 0.787. The predicted octanol–water partition coefficient (Wildman–Crippen LogP) is 2.14. The summed E-state index contributed by atoms with van der Waals surface area (Å²) >= 11 is 0. The Kier molecular flexibility index (Phi) is 2.13. The van der Waals surface area contributed by atoms with Crippen molar-refractivity contribution in [2.45, 2.75) is 18.8 Å². The van der Waals surface area contributed by atoms with Gasteiger partial charge < -0.3 is 5.73 Å². The molecule has 0 saturated heterocycles. The van der Waals surface area contributed by atoms with Gasteiger partial charge in [0.2, 0.25) is 0 Å². The van der Waals surface area contributed by atoms with E-state index in [1.165, 1.54) is 18.4 Å². The maximum absolute atomic E-state index is 5.57. The first kappa shape index (κ1) is 7.81. The number of nitrogens with two attached hydrogens (primary N) is 1. The molecular formula is C11H15N. The van der Waals surface area contributed by atoms with E-state index in [4.69, 9.17) is 5.73 Å². The molecule has 1 aliphatic rings. The topological polar surface area (TPSA) is 26.0 Å². The van der Waals surface area contributed by atoms with Crippen LogP contribution >= 0.6 is 0 Å². The first-order chi connectivity index (χ1) is 5.90. The Balaban J connectivity index is 1.97. The summed E-state index contributed by atoms with van der Waals surface area (Å²) in [5.41, 5.74) is 7.06. The lowest BCUT2D eigenvalue weighted by Gasteiger charge is -2.34. The summed E-state index contributed by atoms with van der Waals surface area (Å²) in [6, 6.07) is 10.7. The Bertz CT molecular complexity index is 236. The van der Waals surface area contributed by atoms with Gasteiger partial charge in [0.15, 0.2) is 0 Å². The van der Waals surface area contributed by atoms with E-state index in [-0.39, 0.29) is 0 Å². The van der Waals surface area contributed by atoms with Gasteiger partial charge in [-0.05, 0) is 36.8 Å². The van der Waals surface area contributed by atoms with E-state index in [9.17, 15) is 0 Å². The first-order valence-electron chi connectivity index (χ1n) is 4.65. The lowest BCUT2D eigenvalue weighted by atomic mass is 9.71. The van der Waals surface area contributed by atoms with Crippen molar-refractivity contribution in [2.75, 3.05) is 6.54 Å². The normalized spacial score (nSPS) is 28.1. The molecule has 1 saturated carbocycles. The van der Waals surface area contributed by atoms with Gasteiger partial charge in [0.05, 0.1) is 0 Å². The van der Waals surface area contributed by atoms with Crippen molar-refractivity contribution in [1.29, 1.82) is 0 Å². The molecule has 1 aromatic rings. The van der Waals surface area contributed by atoms with Crippen molar-refractivity contribution in [3.8, 4) is 0 Å². The van der Waals surface area contributed by atoms with Gasteiger partial charge in [0, 0.05) is 0 Å². The number of hydrogen-bond donors (Lipinski definition) is 1. The highest BCUT2D eigenvalue weighted by molar-refractivity contribution is 5.21. The predicted molar refractivity (Wildman–Crippen MR) is 51.0 cm³/mol. The fourth-order valence-corrected chi connectivity index (χ4v) is 1.93. The Morgan fingerprint density at radius 1 is 1.17 bits per heavy atom. The van der Waals surface area contributed by atoms with Gasteiger partial charge in [-0.2, -0.15) is 0 Å². The van der Waals surface area contributed by atoms with Crippen LogP contribution in [-0.2, 0) is 0 Å². The molecule has 1 aliphatic carbocycles. The van der Waals surface area contributed by atoms with Crippen LogP contribution in [0.2, 0.25) is 0 Å². The molecule has 0 unspecified atom stereocenters. The van der Waals surface area contributed by atoms with Crippen LogP contribution in [0.5, 0.6) is 0 Å². The smallest absolute Gasteiger partial charge is 0.00484 e. The van der Waals surface area contributed by atoms with E-state index in [2.05, 4.69) is 30.3 Å². The Hall–Kier alpha value is -0.820. The Morgan fingerprint density at radius 3 is 2.42 bits per heavy atom. The fourth-order valence-electron chi connectivity index (χ4n) is 1.93. The fraction of sp³-hybridized carbons (Fsp3) is 0.455. The van der Waals surface area contributed by atoms with Crippen LogP contribution in [0.15, 0.2) is 30.3 Å². The van der Waals surface area contributed by atoms with Crippen LogP contribution in [0.25, 0.3) is 0 Å². The molecule has 2 N–H and O–H groups in total. The van der Waals surface area contributed by atoms with Gasteiger partial charge in [-0.3, -0.25) is 0 Å². The molecule has 1 fully saturated rings. The molecule has 0 aromatic heterocycles. The zero-order valence-corrected chi connectivity index (χ0v) is 7.24. The van der Waals surface area contributed by atoms with Gasteiger partial charge in [-0.15, -0.1) is 0 Å². The Morgan fingerprint density at radius 2 is 1.83 bits per heavy atom. The average Bonchev–Trinajstić information content (AvgIpc) is 2.04. The minimum absolute atomic E-state index is 0.787. The van der Waals surface area contributed by atoms with Gasteiger partial charge in [-0.25, -0.2) is 0 Å². The van der Waals surface area contributed by atoms with E-state index in [0.717, 1.165) is 18.4 Å². The molecular weight excluding hydrogens is 146 g/mol. The molecule has 1 aromatic carbocycles. The van der Waals surface area contributed by atoms with Gasteiger partial charge >= 0.3 is 0 Å². The first-order valence-corrected chi connectivity index (χ1v) is 4.65. The molecule has 64 valence electrons. The third-order valence-electron chi connectivity index (χ3n) is 2.84. The molecule has 0 heterocycles. The highest BCUT2D eigenvalue weighted by Gasteiger charge is 2.28. The van der Waals surface area contributed by atoms with Crippen molar-refractivity contribution in [3.05, 3.63) is 35.9 Å². The van der Waals surface area contributed by atoms with E-state index in [1.54, 1.807) is 0 Å². The summed E-state index contributed by atoms with van der Waals surface area (Å²) in [4.78, 5) is 0. The highest BCUT2D eigenvalue weighted by Crippen LogP contribution is 2.40. The lowest BCUT2D eigenvalue weighted by molar-refractivity contribution is 0.272. The zero-order chi connectivity index (χ0) is 8.39. The average molecular weight is 161 g/mol. The minimum Gasteiger partial charge on any atom is -0.330 e. The molecule has 2 rings (SSSR count). The third-order valence-corrected chi connectivity index (χ3v) is 2.84. The number of hydrogen-bond acceptors (Lipinski definition) is 1. The van der Waals surface area contributed by atoms with E-state index >= 15 is 0 Å². The van der Waals surface area contributed by atoms with Crippen LogP contribution in [0, 0.1) is 5.92 Å². The van der Waals surface area contributed by atoms with Crippen LogP contribution in [0.3, 0.4) is 0 Å². The molecule has 1 heteroatoms. The Labute approximate surface area is 73.6 Å². The van der Waals surface area contributed by atoms with Crippen molar-refractivity contribution in [1.82, 2.24) is 0 Å². The summed E-state index contributed by atoms with van der Waals surface area (Å²) < 4.78 is 0. The molecule has 0 spiro atoms. The quantitative estimate of drug-likeness (QED) is 0.706. The molecule has 0 bridgehead atoms. The number of benzene rings is 1. The monoisotopic (exact) mass is 161 g/mol. The van der Waals surface area contributed by atoms with Gasteiger partial charge in [-0.1, -0.05) is 30.3 Å². The zero-order valence-electron chi connectivity index (χ0n) is 7.24. The highest BCUT2D eigenvalue weighted by atomic mass is 14.6. The molecule has 0 atom stereocenters. The van der Waals surface area contributed by atoms with Crippen LogP contribution < -0.4 is 5.73 Å². The molecule has 1 nitrogen and oxygen atoms in total. The van der Waals surface area contributed by atoms with Crippen LogP contribution in [0.1, 0.15) is 24.3 Å². The van der Waals surface area contributed by atoms with E-state index in [1.807, 2.05) is 0 Å². The number of rotatable bonds is 2. The lowest BCUT2D eigenvalue weighted by Crippen LogP contribution is -2.28. The van der Waals surface area contributed by atoms with Crippen molar-refractivity contribution >= 4 is 0 Å². The molecule has 0 aliphatic heterocycles.